The van der Waals surface area contributed by atoms with Gasteiger partial charge in [-0.1, -0.05) is 24.3 Å². The first-order valence-electron chi connectivity index (χ1n) is 12.9. The van der Waals surface area contributed by atoms with Gasteiger partial charge < -0.3 is 24.8 Å². The van der Waals surface area contributed by atoms with Crippen LogP contribution in [0, 0.1) is 0 Å². The first kappa shape index (κ1) is 25.7. The van der Waals surface area contributed by atoms with E-state index in [0.717, 1.165) is 42.9 Å². The minimum absolute atomic E-state index is 0.0423. The van der Waals surface area contributed by atoms with Gasteiger partial charge in [-0.25, -0.2) is 0 Å². The molecule has 9 heteroatoms. The average molecular weight is 508 g/mol. The van der Waals surface area contributed by atoms with Crippen molar-refractivity contribution in [2.45, 2.75) is 37.6 Å². The summed E-state index contributed by atoms with van der Waals surface area (Å²) in [5.41, 5.74) is 5.27. The maximum absolute atomic E-state index is 12.9. The number of benzene rings is 2. The van der Waals surface area contributed by atoms with Gasteiger partial charge in [0.05, 0.1) is 31.5 Å². The van der Waals surface area contributed by atoms with E-state index >= 15 is 0 Å². The number of piperazine rings is 1. The zero-order valence-electron chi connectivity index (χ0n) is 21.9. The number of fused-ring (bicyclic) bond motifs is 2. The quantitative estimate of drug-likeness (QED) is 0.568. The molecule has 2 aromatic carbocycles. The number of amides is 1. The van der Waals surface area contributed by atoms with Crippen LogP contribution in [0.25, 0.3) is 0 Å². The Morgan fingerprint density at radius 3 is 2.59 bits per heavy atom. The predicted octanol–water partition coefficient (Wildman–Crippen LogP) is 2.70. The van der Waals surface area contributed by atoms with Gasteiger partial charge in [-0.05, 0) is 49.2 Å². The molecule has 0 spiro atoms. The number of aliphatic imine (C=N–C) groups is 1. The van der Waals surface area contributed by atoms with Crippen LogP contribution >= 0.6 is 0 Å². The molecule has 2 unspecified atom stereocenters. The molecule has 2 N–H and O–H groups in total. The van der Waals surface area contributed by atoms with Crippen molar-refractivity contribution in [1.82, 2.24) is 15.1 Å². The van der Waals surface area contributed by atoms with E-state index in [-0.39, 0.29) is 24.0 Å². The molecule has 0 radical (unpaired) electrons. The van der Waals surface area contributed by atoms with Crippen molar-refractivity contribution in [2.75, 3.05) is 59.4 Å². The zero-order valence-corrected chi connectivity index (χ0v) is 21.9. The number of methoxy groups -OCH3 is 2. The van der Waals surface area contributed by atoms with Crippen LogP contribution in [0.2, 0.25) is 0 Å². The van der Waals surface area contributed by atoms with Crippen molar-refractivity contribution in [3.05, 3.63) is 59.2 Å². The van der Waals surface area contributed by atoms with E-state index in [0.29, 0.717) is 32.4 Å². The number of likely N-dealkylation sites (N-methyl/N-ethyl adjacent to an activating group) is 1. The van der Waals surface area contributed by atoms with Crippen LogP contribution < -0.4 is 10.6 Å². The molecule has 2 heterocycles. The molecule has 0 aromatic heterocycles. The van der Waals surface area contributed by atoms with E-state index < -0.39 is 0 Å². The lowest BCUT2D eigenvalue weighted by Crippen LogP contribution is -2.60. The van der Waals surface area contributed by atoms with E-state index in [1.54, 1.807) is 14.2 Å². The molecule has 3 aliphatic rings. The van der Waals surface area contributed by atoms with Crippen molar-refractivity contribution in [3.8, 4) is 0 Å². The molecule has 0 bridgehead atoms. The van der Waals surface area contributed by atoms with E-state index in [2.05, 4.69) is 56.7 Å². The highest BCUT2D eigenvalue weighted by Crippen LogP contribution is 2.32. The molecule has 198 valence electrons. The number of nitrogens with zero attached hydrogens (tertiary/aromatic N) is 3. The third kappa shape index (κ3) is 5.96. The van der Waals surface area contributed by atoms with Crippen LogP contribution in [0.5, 0.6) is 0 Å². The molecule has 1 aliphatic carbocycles. The molecule has 3 atom stereocenters. The number of anilines is 1. The maximum atomic E-state index is 12.9. The van der Waals surface area contributed by atoms with Crippen LogP contribution in [0.3, 0.4) is 0 Å². The summed E-state index contributed by atoms with van der Waals surface area (Å²) >= 11 is 0. The van der Waals surface area contributed by atoms with Crippen LogP contribution in [0.15, 0.2) is 47.5 Å². The maximum Gasteiger partial charge on any atom is 0.290 e. The van der Waals surface area contributed by atoms with Gasteiger partial charge in [0.1, 0.15) is 6.61 Å². The van der Waals surface area contributed by atoms with Crippen LogP contribution in [0.1, 0.15) is 29.2 Å². The van der Waals surface area contributed by atoms with Gasteiger partial charge >= 0.3 is 0 Å². The van der Waals surface area contributed by atoms with E-state index in [1.807, 2.05) is 18.2 Å². The lowest BCUT2D eigenvalue weighted by molar-refractivity contribution is -0.119. The second-order valence-corrected chi connectivity index (χ2v) is 10.1. The van der Waals surface area contributed by atoms with Gasteiger partial charge in [-0.2, -0.15) is 4.99 Å². The van der Waals surface area contributed by atoms with Gasteiger partial charge in [-0.15, -0.1) is 0 Å². The molecule has 9 nitrogen and oxygen atoms in total. The second-order valence-electron chi connectivity index (χ2n) is 10.1. The monoisotopic (exact) mass is 507 g/mol. The van der Waals surface area contributed by atoms with Crippen LogP contribution in [0.4, 0.5) is 11.4 Å². The van der Waals surface area contributed by atoms with Gasteiger partial charge in [0, 0.05) is 50.6 Å². The number of carbonyl (C=O) groups is 1. The Morgan fingerprint density at radius 2 is 1.84 bits per heavy atom. The number of rotatable bonds is 8. The number of nitrogens with one attached hydrogen (secondary N) is 2. The minimum Gasteiger partial charge on any atom is -0.460 e. The molecule has 5 rings (SSSR count). The van der Waals surface area contributed by atoms with Crippen molar-refractivity contribution in [2.24, 2.45) is 4.99 Å². The van der Waals surface area contributed by atoms with Crippen molar-refractivity contribution < 1.29 is 19.0 Å². The summed E-state index contributed by atoms with van der Waals surface area (Å²) < 4.78 is 16.7. The summed E-state index contributed by atoms with van der Waals surface area (Å²) in [6.07, 6.45) is 2.10. The van der Waals surface area contributed by atoms with Crippen molar-refractivity contribution in [1.29, 1.82) is 0 Å². The molecular formula is C28H37N5O4. The Balaban J connectivity index is 1.18. The highest BCUT2D eigenvalue weighted by Gasteiger charge is 2.33. The van der Waals surface area contributed by atoms with Gasteiger partial charge in [0.2, 0.25) is 5.91 Å². The molecule has 1 amide bonds. The fraction of sp³-hybridized carbons (Fsp3) is 0.500. The van der Waals surface area contributed by atoms with Crippen LogP contribution in [-0.4, -0.2) is 87.9 Å². The highest BCUT2D eigenvalue weighted by molar-refractivity contribution is 5.92. The Hall–Kier alpha value is -2.98. The summed E-state index contributed by atoms with van der Waals surface area (Å²) in [5, 5.41) is 6.52. The number of ether oxygens (including phenoxy) is 3. The molecular weight excluding hydrogens is 470 g/mol. The summed E-state index contributed by atoms with van der Waals surface area (Å²) in [7, 11) is 5.51. The molecule has 2 aromatic rings. The summed E-state index contributed by atoms with van der Waals surface area (Å²) in [6.45, 7) is 3.50. The molecule has 2 aliphatic heterocycles. The van der Waals surface area contributed by atoms with Gasteiger partial charge in [0.15, 0.2) is 0 Å². The van der Waals surface area contributed by atoms with Gasteiger partial charge in [-0.3, -0.25) is 14.6 Å². The Kier molecular flexibility index (Phi) is 8.05. The predicted molar refractivity (Wildman–Crippen MR) is 143 cm³/mol. The molecule has 1 saturated heterocycles. The highest BCUT2D eigenvalue weighted by atomic mass is 16.5. The Bertz CT molecular complexity index is 1120. The lowest BCUT2D eigenvalue weighted by atomic mass is 10.1. The van der Waals surface area contributed by atoms with Crippen molar-refractivity contribution >= 4 is 23.3 Å². The number of amidine groups is 1. The third-order valence-electron chi connectivity index (χ3n) is 7.56. The number of carbonyl (C=O) groups excluding carboxylic acids is 1. The standard InChI is InChI=1S/C28H37N5O4/c1-32-22(17-35-2)13-33(14-23(32)18-36-3)15-27(34)29-21-9-11-25-20(12-21)16-37-28(30-25)31-26-10-8-19-6-4-5-7-24(19)26/h4-7,9,11-12,22-23,26H,8,10,13-18H2,1-3H3,(H,29,34)(H,30,31)/t22?,23?,26-/m1/s1. The first-order valence-corrected chi connectivity index (χ1v) is 12.9. The minimum atomic E-state index is -0.0423. The van der Waals surface area contributed by atoms with Gasteiger partial charge in [0.25, 0.3) is 6.02 Å². The average Bonchev–Trinajstić information content (AvgIpc) is 3.30. The van der Waals surface area contributed by atoms with E-state index in [9.17, 15) is 4.79 Å². The SMILES string of the molecule is COCC1CN(CC(=O)Nc2ccc3c(c2)COC(N[C@@H]2CCc4ccccc42)=N3)CC(COC)N1C. The smallest absolute Gasteiger partial charge is 0.290 e. The number of aryl methyl sites for hydroxylation is 1. The molecule has 0 saturated carbocycles. The Morgan fingerprint density at radius 1 is 1.08 bits per heavy atom. The first-order chi connectivity index (χ1) is 18.0. The van der Waals surface area contributed by atoms with Crippen LogP contribution in [-0.2, 0) is 32.0 Å². The second kappa shape index (κ2) is 11.6. The summed E-state index contributed by atoms with van der Waals surface area (Å²) in [5.74, 6) is -0.0423. The zero-order chi connectivity index (χ0) is 25.8. The van der Waals surface area contributed by atoms with E-state index in [1.165, 1.54) is 11.1 Å². The fourth-order valence-corrected chi connectivity index (χ4v) is 5.59. The lowest BCUT2D eigenvalue weighted by Gasteiger charge is -2.44. The fourth-order valence-electron chi connectivity index (χ4n) is 5.59. The number of hydrogen-bond acceptors (Lipinski definition) is 8. The van der Waals surface area contributed by atoms with E-state index in [4.69, 9.17) is 14.2 Å². The Labute approximate surface area is 218 Å². The summed E-state index contributed by atoms with van der Waals surface area (Å²) in [4.78, 5) is 22.1. The summed E-state index contributed by atoms with van der Waals surface area (Å²) in [6, 6.07) is 15.5. The van der Waals surface area contributed by atoms with Crippen molar-refractivity contribution in [3.63, 3.8) is 0 Å². The largest absolute Gasteiger partial charge is 0.460 e. The topological polar surface area (TPSA) is 87.7 Å². The molecule has 37 heavy (non-hydrogen) atoms. The molecule has 1 fully saturated rings. The number of hydrogen-bond donors (Lipinski definition) is 2. The normalized spacial score (nSPS) is 23.5. The third-order valence-corrected chi connectivity index (χ3v) is 7.56.